The van der Waals surface area contributed by atoms with E-state index in [0.29, 0.717) is 18.9 Å². The van der Waals surface area contributed by atoms with E-state index in [4.69, 9.17) is 0 Å². The van der Waals surface area contributed by atoms with Crippen molar-refractivity contribution in [2.24, 2.45) is 4.99 Å². The fourth-order valence-electron chi connectivity index (χ4n) is 3.48. The van der Waals surface area contributed by atoms with E-state index in [2.05, 4.69) is 45.2 Å². The lowest BCUT2D eigenvalue weighted by Crippen LogP contribution is -2.54. The van der Waals surface area contributed by atoms with Crippen molar-refractivity contribution in [2.75, 3.05) is 27.2 Å². The fourth-order valence-corrected chi connectivity index (χ4v) is 3.48. The van der Waals surface area contributed by atoms with Gasteiger partial charge >= 0.3 is 0 Å². The summed E-state index contributed by atoms with van der Waals surface area (Å²) in [7, 11) is 3.46. The number of hydrogen-bond donors (Lipinski definition) is 3. The number of aliphatic imine (C=N–C) groups is 1. The lowest BCUT2D eigenvalue weighted by Gasteiger charge is -2.30. The van der Waals surface area contributed by atoms with Gasteiger partial charge in [0.05, 0.1) is 0 Å². The van der Waals surface area contributed by atoms with Crippen LogP contribution in [0.2, 0.25) is 0 Å². The van der Waals surface area contributed by atoms with Crippen LogP contribution in [0.4, 0.5) is 0 Å². The summed E-state index contributed by atoms with van der Waals surface area (Å²) in [5, 5.41) is 9.78. The number of nitrogens with one attached hydrogen (secondary N) is 3. The Balaban J connectivity index is 1.65. The number of piperidine rings is 1. The van der Waals surface area contributed by atoms with Crippen LogP contribution in [-0.2, 0) is 22.4 Å². The van der Waals surface area contributed by atoms with Crippen molar-refractivity contribution in [3.05, 3.63) is 35.4 Å². The van der Waals surface area contributed by atoms with Gasteiger partial charge in [0.25, 0.3) is 0 Å². The van der Waals surface area contributed by atoms with Crippen LogP contribution in [0.15, 0.2) is 29.3 Å². The van der Waals surface area contributed by atoms with Crippen LogP contribution >= 0.6 is 0 Å². The van der Waals surface area contributed by atoms with Crippen molar-refractivity contribution >= 4 is 17.8 Å². The maximum atomic E-state index is 11.9. The van der Waals surface area contributed by atoms with Crippen molar-refractivity contribution in [3.63, 3.8) is 0 Å². The van der Waals surface area contributed by atoms with E-state index in [1.54, 1.807) is 19.0 Å². The number of guanidine groups is 1. The van der Waals surface area contributed by atoms with Gasteiger partial charge in [0.15, 0.2) is 5.96 Å². The number of fused-ring (bicyclic) bond motifs is 1. The number of aryl methyl sites for hydroxylation is 1. The minimum absolute atomic E-state index is 0.0398. The fraction of sp³-hybridized carbons (Fsp3) is 0.550. The highest BCUT2D eigenvalue weighted by atomic mass is 16.2. The van der Waals surface area contributed by atoms with Gasteiger partial charge in [-0.15, -0.1) is 0 Å². The lowest BCUT2D eigenvalue weighted by atomic mass is 9.88. The Morgan fingerprint density at radius 1 is 1.15 bits per heavy atom. The zero-order valence-electron chi connectivity index (χ0n) is 16.1. The molecule has 1 aliphatic heterocycles. The third-order valence-corrected chi connectivity index (χ3v) is 5.17. The predicted molar refractivity (Wildman–Crippen MR) is 106 cm³/mol. The molecular weight excluding hydrogens is 342 g/mol. The third kappa shape index (κ3) is 5.45. The summed E-state index contributed by atoms with van der Waals surface area (Å²) in [5.41, 5.74) is 2.79. The minimum Gasteiger partial charge on any atom is -0.354 e. The molecule has 2 amide bonds. The first kappa shape index (κ1) is 19.2. The molecule has 0 spiro atoms. The highest BCUT2D eigenvalue weighted by molar-refractivity contribution is 5.85. The first-order chi connectivity index (χ1) is 13.0. The van der Waals surface area contributed by atoms with E-state index in [1.807, 2.05) is 0 Å². The second-order valence-electron chi connectivity index (χ2n) is 7.49. The highest BCUT2D eigenvalue weighted by Crippen LogP contribution is 2.21. The van der Waals surface area contributed by atoms with Gasteiger partial charge in [-0.2, -0.15) is 0 Å². The average molecular weight is 371 g/mol. The molecule has 2 aliphatic rings. The molecule has 2 atom stereocenters. The number of amides is 2. The Morgan fingerprint density at radius 2 is 1.85 bits per heavy atom. The van der Waals surface area contributed by atoms with Gasteiger partial charge in [0.1, 0.15) is 6.54 Å². The molecule has 0 aromatic heterocycles. The standard InChI is InChI=1S/C20H29N5O2/c1-25(2)19(27)13-22-20(24-17-9-10-18(26)21-12-17)23-16-8-7-14-5-3-4-6-15(14)11-16/h3-6,16-17H,7-13H2,1-2H3,(H,21,26)(H2,22,23,24). The third-order valence-electron chi connectivity index (χ3n) is 5.17. The van der Waals surface area contributed by atoms with E-state index in [0.717, 1.165) is 25.7 Å². The normalized spacial score (nSPS) is 22.4. The van der Waals surface area contributed by atoms with Gasteiger partial charge in [0, 0.05) is 39.1 Å². The molecule has 7 heteroatoms. The molecule has 1 aromatic rings. The molecule has 27 heavy (non-hydrogen) atoms. The summed E-state index contributed by atoms with van der Waals surface area (Å²) in [6.07, 6.45) is 4.29. The summed E-state index contributed by atoms with van der Waals surface area (Å²) in [6, 6.07) is 8.94. The zero-order valence-corrected chi connectivity index (χ0v) is 16.1. The minimum atomic E-state index is -0.0398. The van der Waals surface area contributed by atoms with Crippen LogP contribution < -0.4 is 16.0 Å². The molecule has 1 heterocycles. The van der Waals surface area contributed by atoms with Crippen molar-refractivity contribution in [1.82, 2.24) is 20.9 Å². The van der Waals surface area contributed by atoms with E-state index < -0.39 is 0 Å². The molecule has 0 saturated carbocycles. The van der Waals surface area contributed by atoms with E-state index in [-0.39, 0.29) is 30.4 Å². The van der Waals surface area contributed by atoms with Crippen molar-refractivity contribution in [2.45, 2.75) is 44.2 Å². The number of carbonyl (C=O) groups is 2. The molecule has 1 aromatic carbocycles. The first-order valence-electron chi connectivity index (χ1n) is 9.62. The van der Waals surface area contributed by atoms with Gasteiger partial charge in [-0.1, -0.05) is 24.3 Å². The second kappa shape index (κ2) is 8.88. The smallest absolute Gasteiger partial charge is 0.243 e. The lowest BCUT2D eigenvalue weighted by molar-refractivity contribution is -0.127. The predicted octanol–water partition coefficient (Wildman–Crippen LogP) is 0.446. The molecular formula is C20H29N5O2. The molecule has 3 rings (SSSR count). The molecule has 1 aliphatic carbocycles. The molecule has 0 bridgehead atoms. The van der Waals surface area contributed by atoms with Gasteiger partial charge in [-0.25, -0.2) is 4.99 Å². The highest BCUT2D eigenvalue weighted by Gasteiger charge is 2.22. The van der Waals surface area contributed by atoms with Crippen molar-refractivity contribution in [3.8, 4) is 0 Å². The number of carbonyl (C=O) groups excluding carboxylic acids is 2. The first-order valence-corrected chi connectivity index (χ1v) is 9.62. The molecule has 3 N–H and O–H groups in total. The van der Waals surface area contributed by atoms with Crippen LogP contribution in [0.25, 0.3) is 0 Å². The number of nitrogens with zero attached hydrogens (tertiary/aromatic N) is 2. The topological polar surface area (TPSA) is 85.8 Å². The summed E-state index contributed by atoms with van der Waals surface area (Å²) >= 11 is 0. The largest absolute Gasteiger partial charge is 0.354 e. The Hall–Kier alpha value is -2.57. The summed E-state index contributed by atoms with van der Waals surface area (Å²) in [4.78, 5) is 29.4. The summed E-state index contributed by atoms with van der Waals surface area (Å²) in [5.74, 6) is 0.698. The number of benzene rings is 1. The molecule has 0 radical (unpaired) electrons. The number of hydrogen-bond acceptors (Lipinski definition) is 3. The monoisotopic (exact) mass is 371 g/mol. The Labute approximate surface area is 160 Å². The van der Waals surface area contributed by atoms with Gasteiger partial charge in [0.2, 0.25) is 11.8 Å². The molecule has 7 nitrogen and oxygen atoms in total. The van der Waals surface area contributed by atoms with Gasteiger partial charge in [-0.05, 0) is 36.8 Å². The zero-order chi connectivity index (χ0) is 19.2. The van der Waals surface area contributed by atoms with Crippen LogP contribution in [0, 0.1) is 0 Å². The molecule has 1 fully saturated rings. The SMILES string of the molecule is CN(C)C(=O)CN=C(NC1CCC(=O)NC1)NC1CCc2ccccc2C1. The second-order valence-corrected chi connectivity index (χ2v) is 7.49. The van der Waals surface area contributed by atoms with Crippen LogP contribution in [0.3, 0.4) is 0 Å². The Kier molecular flexibility index (Phi) is 6.32. The Morgan fingerprint density at radius 3 is 2.56 bits per heavy atom. The quantitative estimate of drug-likeness (QED) is 0.530. The summed E-state index contributed by atoms with van der Waals surface area (Å²) in [6.45, 7) is 0.680. The maximum Gasteiger partial charge on any atom is 0.243 e. The van der Waals surface area contributed by atoms with Crippen molar-refractivity contribution < 1.29 is 9.59 Å². The van der Waals surface area contributed by atoms with Crippen molar-refractivity contribution in [1.29, 1.82) is 0 Å². The molecule has 2 unspecified atom stereocenters. The molecule has 1 saturated heterocycles. The summed E-state index contributed by atoms with van der Waals surface area (Å²) < 4.78 is 0. The maximum absolute atomic E-state index is 11.9. The number of likely N-dealkylation sites (N-methyl/N-ethyl adjacent to an activating group) is 1. The average Bonchev–Trinajstić information content (AvgIpc) is 2.67. The Bertz CT molecular complexity index is 706. The van der Waals surface area contributed by atoms with E-state index in [9.17, 15) is 9.59 Å². The van der Waals surface area contributed by atoms with Gasteiger partial charge in [-0.3, -0.25) is 9.59 Å². The van der Waals surface area contributed by atoms with Gasteiger partial charge < -0.3 is 20.9 Å². The van der Waals surface area contributed by atoms with E-state index >= 15 is 0 Å². The number of rotatable bonds is 4. The van der Waals surface area contributed by atoms with E-state index in [1.165, 1.54) is 11.1 Å². The van der Waals surface area contributed by atoms with Crippen LogP contribution in [-0.4, -0.2) is 61.9 Å². The van der Waals surface area contributed by atoms with Crippen LogP contribution in [0.5, 0.6) is 0 Å². The molecule has 146 valence electrons. The van der Waals surface area contributed by atoms with Crippen LogP contribution in [0.1, 0.15) is 30.4 Å².